The quantitative estimate of drug-likeness (QED) is 0.253. The normalized spacial score (nSPS) is 13.6. The zero-order chi connectivity index (χ0) is 25.3. The van der Waals surface area contributed by atoms with Crippen molar-refractivity contribution in [3.63, 3.8) is 0 Å². The highest BCUT2D eigenvalue weighted by Gasteiger charge is 2.18. The summed E-state index contributed by atoms with van der Waals surface area (Å²) in [6, 6.07) is 19.4. The van der Waals surface area contributed by atoms with Crippen molar-refractivity contribution in [1.29, 1.82) is 0 Å². The number of nitrogens with one attached hydrogen (secondary N) is 1. The molecule has 186 valence electrons. The summed E-state index contributed by atoms with van der Waals surface area (Å²) in [5.41, 5.74) is 5.26. The maximum Gasteiger partial charge on any atom is 0.335 e. The molecule has 0 unspecified atom stereocenters. The largest absolute Gasteiger partial charge is 0.487 e. The fourth-order valence-corrected chi connectivity index (χ4v) is 6.40. The lowest BCUT2D eigenvalue weighted by Gasteiger charge is -2.10. The summed E-state index contributed by atoms with van der Waals surface area (Å²) in [6.45, 7) is 0.0196. The highest BCUT2D eigenvalue weighted by atomic mass is 35.5. The highest BCUT2D eigenvalue weighted by Crippen LogP contribution is 2.45. The van der Waals surface area contributed by atoms with Crippen LogP contribution in [0.4, 0.5) is 0 Å². The minimum atomic E-state index is -0.996. The van der Waals surface area contributed by atoms with Gasteiger partial charge in [0.05, 0.1) is 21.4 Å². The Labute approximate surface area is 222 Å². The SMILES string of the molecule is O=C(COc1ccc(C2SCCS2)cc1)N/N=C\c1ccc(OCc2cccc(C(=O)O)c2)c(Cl)c1. The van der Waals surface area contributed by atoms with Gasteiger partial charge in [0.2, 0.25) is 0 Å². The minimum Gasteiger partial charge on any atom is -0.487 e. The number of hydrazone groups is 1. The van der Waals surface area contributed by atoms with Crippen LogP contribution in [-0.4, -0.2) is 41.3 Å². The van der Waals surface area contributed by atoms with Gasteiger partial charge in [0.1, 0.15) is 18.1 Å². The number of rotatable bonds is 10. The van der Waals surface area contributed by atoms with E-state index in [1.165, 1.54) is 29.4 Å². The second-order valence-electron chi connectivity index (χ2n) is 7.71. The van der Waals surface area contributed by atoms with Crippen LogP contribution in [0, 0.1) is 0 Å². The van der Waals surface area contributed by atoms with Gasteiger partial charge in [0.15, 0.2) is 6.61 Å². The van der Waals surface area contributed by atoms with Gasteiger partial charge in [0, 0.05) is 11.5 Å². The zero-order valence-electron chi connectivity index (χ0n) is 19.1. The van der Waals surface area contributed by atoms with Crippen molar-refractivity contribution in [2.45, 2.75) is 11.2 Å². The molecule has 0 radical (unpaired) electrons. The van der Waals surface area contributed by atoms with Crippen molar-refractivity contribution >= 4 is 53.2 Å². The van der Waals surface area contributed by atoms with Gasteiger partial charge in [-0.2, -0.15) is 5.10 Å². The maximum absolute atomic E-state index is 12.1. The minimum absolute atomic E-state index is 0.153. The first kappa shape index (κ1) is 25.9. The van der Waals surface area contributed by atoms with Gasteiger partial charge < -0.3 is 14.6 Å². The number of halogens is 1. The number of amides is 1. The van der Waals surface area contributed by atoms with E-state index in [-0.39, 0.29) is 24.7 Å². The number of carbonyl (C=O) groups is 2. The van der Waals surface area contributed by atoms with Crippen molar-refractivity contribution in [2.75, 3.05) is 18.1 Å². The summed E-state index contributed by atoms with van der Waals surface area (Å²) >= 11 is 10.2. The van der Waals surface area contributed by atoms with Crippen molar-refractivity contribution in [3.05, 3.63) is 94.0 Å². The third-order valence-corrected chi connectivity index (χ3v) is 8.47. The van der Waals surface area contributed by atoms with E-state index in [0.717, 1.165) is 0 Å². The molecule has 0 aliphatic carbocycles. The van der Waals surface area contributed by atoms with E-state index >= 15 is 0 Å². The van der Waals surface area contributed by atoms with Crippen molar-refractivity contribution in [3.8, 4) is 11.5 Å². The van der Waals surface area contributed by atoms with Crippen LogP contribution < -0.4 is 14.9 Å². The van der Waals surface area contributed by atoms with Gasteiger partial charge in [-0.1, -0.05) is 35.9 Å². The molecule has 1 aliphatic rings. The summed E-state index contributed by atoms with van der Waals surface area (Å²) in [5.74, 6) is 2.04. The van der Waals surface area contributed by atoms with Gasteiger partial charge in [0.25, 0.3) is 5.91 Å². The Balaban J connectivity index is 1.22. The summed E-state index contributed by atoms with van der Waals surface area (Å²) in [6.07, 6.45) is 1.47. The van der Waals surface area contributed by atoms with E-state index in [0.29, 0.717) is 32.2 Å². The fourth-order valence-electron chi connectivity index (χ4n) is 3.30. The van der Waals surface area contributed by atoms with E-state index in [4.69, 9.17) is 26.2 Å². The van der Waals surface area contributed by atoms with Gasteiger partial charge in [-0.25, -0.2) is 10.2 Å². The van der Waals surface area contributed by atoms with Gasteiger partial charge in [-0.3, -0.25) is 4.79 Å². The number of ether oxygens (including phenoxy) is 2. The van der Waals surface area contributed by atoms with Gasteiger partial charge in [-0.05, 0) is 59.2 Å². The first-order valence-electron chi connectivity index (χ1n) is 11.0. The molecule has 1 heterocycles. The smallest absolute Gasteiger partial charge is 0.335 e. The number of carbonyl (C=O) groups excluding carboxylic acids is 1. The van der Waals surface area contributed by atoms with E-state index in [9.17, 15) is 9.59 Å². The van der Waals surface area contributed by atoms with Crippen LogP contribution in [0.5, 0.6) is 11.5 Å². The first-order chi connectivity index (χ1) is 17.5. The van der Waals surface area contributed by atoms with E-state index < -0.39 is 5.97 Å². The lowest BCUT2D eigenvalue weighted by molar-refractivity contribution is -0.123. The fraction of sp³-hybridized carbons (Fsp3) is 0.192. The predicted molar refractivity (Wildman–Crippen MR) is 145 cm³/mol. The van der Waals surface area contributed by atoms with Crippen molar-refractivity contribution in [2.24, 2.45) is 5.10 Å². The number of benzene rings is 3. The molecule has 4 rings (SSSR count). The zero-order valence-corrected chi connectivity index (χ0v) is 21.4. The van der Waals surface area contributed by atoms with E-state index in [1.54, 1.807) is 36.4 Å². The molecule has 0 spiro atoms. The number of thioether (sulfide) groups is 2. The lowest BCUT2D eigenvalue weighted by atomic mass is 10.1. The molecule has 1 aliphatic heterocycles. The third kappa shape index (κ3) is 7.43. The van der Waals surface area contributed by atoms with E-state index in [2.05, 4.69) is 10.5 Å². The van der Waals surface area contributed by atoms with Crippen LogP contribution >= 0.6 is 35.1 Å². The average Bonchev–Trinajstić information content (AvgIpc) is 3.43. The standard InChI is InChI=1S/C26H23ClN2O5S2/c27-22-13-17(4-9-23(22)34-15-18-2-1-3-20(12-18)25(31)32)14-28-29-24(30)16-33-21-7-5-19(6-8-21)26-35-10-11-36-26/h1-9,12-14,26H,10-11,15-16H2,(H,29,30)(H,31,32)/b28-14-. The molecule has 0 saturated carbocycles. The third-order valence-electron chi connectivity index (χ3n) is 5.07. The molecular weight excluding hydrogens is 520 g/mol. The highest BCUT2D eigenvalue weighted by molar-refractivity contribution is 8.19. The molecule has 0 aromatic heterocycles. The van der Waals surface area contributed by atoms with Crippen LogP contribution in [0.25, 0.3) is 0 Å². The molecule has 36 heavy (non-hydrogen) atoms. The number of hydrogen-bond donors (Lipinski definition) is 2. The number of carboxylic acid groups (broad SMARTS) is 1. The Hall–Kier alpha value is -3.14. The number of aromatic carboxylic acids is 1. The molecule has 0 atom stereocenters. The second kappa shape index (κ2) is 12.7. The molecule has 3 aromatic rings. The Bertz CT molecular complexity index is 1250. The topological polar surface area (TPSA) is 97.2 Å². The number of hydrogen-bond acceptors (Lipinski definition) is 7. The monoisotopic (exact) mass is 542 g/mol. The molecular formula is C26H23ClN2O5S2. The Morgan fingerprint density at radius 3 is 2.56 bits per heavy atom. The Morgan fingerprint density at radius 1 is 1.06 bits per heavy atom. The molecule has 1 saturated heterocycles. The Kier molecular flexibility index (Phi) is 9.16. The van der Waals surface area contributed by atoms with Crippen LogP contribution in [0.1, 0.15) is 31.6 Å². The molecule has 1 amide bonds. The van der Waals surface area contributed by atoms with Crippen LogP contribution in [0.2, 0.25) is 5.02 Å². The second-order valence-corrected chi connectivity index (χ2v) is 10.8. The van der Waals surface area contributed by atoms with Crippen LogP contribution in [0.3, 0.4) is 0 Å². The van der Waals surface area contributed by atoms with Gasteiger partial charge >= 0.3 is 5.97 Å². The molecule has 7 nitrogen and oxygen atoms in total. The summed E-state index contributed by atoms with van der Waals surface area (Å²) in [7, 11) is 0. The van der Waals surface area contributed by atoms with E-state index in [1.807, 2.05) is 47.8 Å². The molecule has 0 bridgehead atoms. The molecule has 1 fully saturated rings. The summed E-state index contributed by atoms with van der Waals surface area (Å²) < 4.78 is 11.7. The van der Waals surface area contributed by atoms with Gasteiger partial charge in [-0.15, -0.1) is 23.5 Å². The summed E-state index contributed by atoms with van der Waals surface area (Å²) in [5, 5.41) is 13.4. The summed E-state index contributed by atoms with van der Waals surface area (Å²) in [4.78, 5) is 23.1. The molecule has 10 heteroatoms. The van der Waals surface area contributed by atoms with Crippen molar-refractivity contribution in [1.82, 2.24) is 5.43 Å². The lowest BCUT2D eigenvalue weighted by Crippen LogP contribution is -2.24. The molecule has 3 aromatic carbocycles. The first-order valence-corrected chi connectivity index (χ1v) is 13.5. The molecule has 2 N–H and O–H groups in total. The van der Waals surface area contributed by atoms with Crippen LogP contribution in [0.15, 0.2) is 71.8 Å². The maximum atomic E-state index is 12.1. The number of carboxylic acids is 1. The van der Waals surface area contributed by atoms with Crippen molar-refractivity contribution < 1.29 is 24.2 Å². The Morgan fingerprint density at radius 2 is 1.83 bits per heavy atom. The number of nitrogens with zero attached hydrogens (tertiary/aromatic N) is 1. The predicted octanol–water partition coefficient (Wildman–Crippen LogP) is 5.62. The average molecular weight is 543 g/mol. The van der Waals surface area contributed by atoms with Crippen LogP contribution in [-0.2, 0) is 11.4 Å².